The summed E-state index contributed by atoms with van der Waals surface area (Å²) in [6, 6.07) is 23.0. The van der Waals surface area contributed by atoms with Crippen molar-refractivity contribution in [1.29, 1.82) is 0 Å². The van der Waals surface area contributed by atoms with E-state index in [4.69, 9.17) is 4.42 Å². The number of rotatable bonds is 6. The third-order valence-corrected chi connectivity index (χ3v) is 4.63. The number of aryl methyl sites for hydroxylation is 1. The molecule has 0 aliphatic carbocycles. The molecule has 22 heavy (non-hydrogen) atoms. The zero-order valence-electron chi connectivity index (χ0n) is 12.8. The first-order chi connectivity index (χ1) is 10.9. The SMILES string of the molecule is CCCCc1oc(-c2ccccc2)cc1Sc1ccccc1. The minimum Gasteiger partial charge on any atom is -0.460 e. The van der Waals surface area contributed by atoms with Gasteiger partial charge in [-0.05, 0) is 24.6 Å². The minimum absolute atomic E-state index is 0.963. The average molecular weight is 308 g/mol. The Hall–Kier alpha value is -1.93. The van der Waals surface area contributed by atoms with E-state index in [0.717, 1.165) is 29.9 Å². The van der Waals surface area contributed by atoms with Gasteiger partial charge in [-0.2, -0.15) is 0 Å². The Balaban J connectivity index is 1.91. The minimum atomic E-state index is 0.963. The van der Waals surface area contributed by atoms with Gasteiger partial charge in [0.05, 0.1) is 4.90 Å². The number of furan rings is 1. The fourth-order valence-corrected chi connectivity index (χ4v) is 3.34. The van der Waals surface area contributed by atoms with Gasteiger partial charge in [-0.15, -0.1) is 0 Å². The van der Waals surface area contributed by atoms with E-state index in [9.17, 15) is 0 Å². The first kappa shape index (κ1) is 15.0. The third kappa shape index (κ3) is 3.63. The van der Waals surface area contributed by atoms with Crippen LogP contribution in [0.1, 0.15) is 25.5 Å². The second kappa shape index (κ2) is 7.37. The van der Waals surface area contributed by atoms with Crippen molar-refractivity contribution in [3.8, 4) is 11.3 Å². The number of benzene rings is 2. The summed E-state index contributed by atoms with van der Waals surface area (Å²) in [5.41, 5.74) is 1.14. The highest BCUT2D eigenvalue weighted by Gasteiger charge is 2.13. The predicted octanol–water partition coefficient (Wildman–Crippen LogP) is 6.44. The maximum absolute atomic E-state index is 6.15. The molecule has 1 heterocycles. The molecule has 0 spiro atoms. The van der Waals surface area contributed by atoms with E-state index in [1.54, 1.807) is 11.8 Å². The molecule has 2 heteroatoms. The molecule has 112 valence electrons. The summed E-state index contributed by atoms with van der Waals surface area (Å²) < 4.78 is 6.15. The summed E-state index contributed by atoms with van der Waals surface area (Å²) in [5, 5.41) is 0. The van der Waals surface area contributed by atoms with E-state index in [-0.39, 0.29) is 0 Å². The highest BCUT2D eigenvalue weighted by molar-refractivity contribution is 7.99. The quantitative estimate of drug-likeness (QED) is 0.519. The molecule has 0 N–H and O–H groups in total. The van der Waals surface area contributed by atoms with Crippen molar-refractivity contribution in [1.82, 2.24) is 0 Å². The highest BCUT2D eigenvalue weighted by atomic mass is 32.2. The van der Waals surface area contributed by atoms with Crippen molar-refractivity contribution in [3.05, 3.63) is 72.5 Å². The van der Waals surface area contributed by atoms with Gasteiger partial charge in [0, 0.05) is 16.9 Å². The number of hydrogen-bond donors (Lipinski definition) is 0. The highest BCUT2D eigenvalue weighted by Crippen LogP contribution is 2.36. The van der Waals surface area contributed by atoms with Crippen LogP contribution in [-0.4, -0.2) is 0 Å². The van der Waals surface area contributed by atoms with Crippen LogP contribution < -0.4 is 0 Å². The molecular formula is C20H20OS. The van der Waals surface area contributed by atoms with E-state index >= 15 is 0 Å². The van der Waals surface area contributed by atoms with E-state index in [2.05, 4.69) is 49.4 Å². The third-order valence-electron chi connectivity index (χ3n) is 3.56. The Bertz CT molecular complexity index is 701. The largest absolute Gasteiger partial charge is 0.460 e. The van der Waals surface area contributed by atoms with Gasteiger partial charge in [-0.3, -0.25) is 0 Å². The smallest absolute Gasteiger partial charge is 0.135 e. The standard InChI is InChI=1S/C20H20OS/c1-2-3-14-18-20(22-17-12-8-5-9-13-17)15-19(21-18)16-10-6-4-7-11-16/h4-13,15H,2-3,14H2,1H3. The van der Waals surface area contributed by atoms with Gasteiger partial charge in [0.25, 0.3) is 0 Å². The molecular weight excluding hydrogens is 288 g/mol. The molecule has 0 atom stereocenters. The van der Waals surface area contributed by atoms with Crippen LogP contribution >= 0.6 is 11.8 Å². The Morgan fingerprint density at radius 2 is 1.59 bits per heavy atom. The van der Waals surface area contributed by atoms with Crippen molar-refractivity contribution in [3.63, 3.8) is 0 Å². The lowest BCUT2D eigenvalue weighted by molar-refractivity contribution is 0.503. The van der Waals surface area contributed by atoms with Gasteiger partial charge >= 0.3 is 0 Å². The van der Waals surface area contributed by atoms with Gasteiger partial charge < -0.3 is 4.42 Å². The molecule has 0 amide bonds. The van der Waals surface area contributed by atoms with Crippen LogP contribution in [0.2, 0.25) is 0 Å². The molecule has 0 aliphatic heterocycles. The lowest BCUT2D eigenvalue weighted by Crippen LogP contribution is -1.83. The summed E-state index contributed by atoms with van der Waals surface area (Å²) in [7, 11) is 0. The summed E-state index contributed by atoms with van der Waals surface area (Å²) in [4.78, 5) is 2.49. The molecule has 0 radical (unpaired) electrons. The van der Waals surface area contributed by atoms with E-state index in [1.165, 1.54) is 16.2 Å². The van der Waals surface area contributed by atoms with Crippen molar-refractivity contribution < 1.29 is 4.42 Å². The normalized spacial score (nSPS) is 10.8. The average Bonchev–Trinajstić information content (AvgIpc) is 2.97. The first-order valence-corrected chi connectivity index (χ1v) is 8.59. The van der Waals surface area contributed by atoms with Crippen LogP contribution in [0.25, 0.3) is 11.3 Å². The maximum atomic E-state index is 6.15. The van der Waals surface area contributed by atoms with Crippen LogP contribution in [0.3, 0.4) is 0 Å². The van der Waals surface area contributed by atoms with Crippen LogP contribution in [0, 0.1) is 0 Å². The molecule has 1 nitrogen and oxygen atoms in total. The monoisotopic (exact) mass is 308 g/mol. The Kier molecular flexibility index (Phi) is 5.02. The Morgan fingerprint density at radius 1 is 0.909 bits per heavy atom. The van der Waals surface area contributed by atoms with E-state index in [0.29, 0.717) is 0 Å². The molecule has 0 saturated heterocycles. The zero-order valence-corrected chi connectivity index (χ0v) is 13.6. The van der Waals surface area contributed by atoms with Crippen molar-refractivity contribution in [2.45, 2.75) is 36.0 Å². The van der Waals surface area contributed by atoms with Crippen LogP contribution in [-0.2, 0) is 6.42 Å². The number of unbranched alkanes of at least 4 members (excludes halogenated alkanes) is 1. The Labute approximate surface area is 136 Å². The molecule has 3 aromatic rings. The van der Waals surface area contributed by atoms with Gasteiger partial charge in [0.15, 0.2) is 0 Å². The molecule has 3 rings (SSSR count). The predicted molar refractivity (Wildman–Crippen MR) is 93.3 cm³/mol. The number of hydrogen-bond acceptors (Lipinski definition) is 2. The fraction of sp³-hybridized carbons (Fsp3) is 0.200. The lowest BCUT2D eigenvalue weighted by atomic mass is 10.2. The van der Waals surface area contributed by atoms with Gasteiger partial charge in [-0.1, -0.05) is 73.6 Å². The first-order valence-electron chi connectivity index (χ1n) is 7.78. The molecule has 1 aromatic heterocycles. The molecule has 0 fully saturated rings. The fourth-order valence-electron chi connectivity index (χ4n) is 2.37. The van der Waals surface area contributed by atoms with Gasteiger partial charge in [0.2, 0.25) is 0 Å². The topological polar surface area (TPSA) is 13.1 Å². The van der Waals surface area contributed by atoms with E-state index in [1.807, 2.05) is 24.3 Å². The molecule has 0 saturated carbocycles. The maximum Gasteiger partial charge on any atom is 0.135 e. The van der Waals surface area contributed by atoms with Crippen LogP contribution in [0.5, 0.6) is 0 Å². The van der Waals surface area contributed by atoms with Crippen LogP contribution in [0.4, 0.5) is 0 Å². The summed E-state index contributed by atoms with van der Waals surface area (Å²) in [6.45, 7) is 2.21. The van der Waals surface area contributed by atoms with Crippen LogP contribution in [0.15, 0.2) is 80.9 Å². The van der Waals surface area contributed by atoms with Crippen molar-refractivity contribution in [2.24, 2.45) is 0 Å². The summed E-state index contributed by atoms with van der Waals surface area (Å²) in [6.07, 6.45) is 3.33. The van der Waals surface area contributed by atoms with Crippen molar-refractivity contribution in [2.75, 3.05) is 0 Å². The second-order valence-electron chi connectivity index (χ2n) is 5.28. The lowest BCUT2D eigenvalue weighted by Gasteiger charge is -2.01. The molecule has 0 bridgehead atoms. The molecule has 2 aromatic carbocycles. The second-order valence-corrected chi connectivity index (χ2v) is 6.40. The van der Waals surface area contributed by atoms with Gasteiger partial charge in [-0.25, -0.2) is 0 Å². The summed E-state index contributed by atoms with van der Waals surface area (Å²) in [5.74, 6) is 2.07. The van der Waals surface area contributed by atoms with Gasteiger partial charge in [0.1, 0.15) is 11.5 Å². The molecule has 0 aliphatic rings. The van der Waals surface area contributed by atoms with Crippen molar-refractivity contribution >= 4 is 11.8 Å². The Morgan fingerprint density at radius 3 is 2.27 bits per heavy atom. The zero-order chi connectivity index (χ0) is 15.2. The summed E-state index contributed by atoms with van der Waals surface area (Å²) >= 11 is 1.79. The van der Waals surface area contributed by atoms with E-state index < -0.39 is 0 Å². The molecule has 0 unspecified atom stereocenters.